The zero-order valence-electron chi connectivity index (χ0n) is 11.0. The third-order valence-corrected chi connectivity index (χ3v) is 2.83. The predicted molar refractivity (Wildman–Crippen MR) is 71.0 cm³/mol. The molecule has 17 heavy (non-hydrogen) atoms. The molecule has 96 valence electrons. The molecule has 0 aliphatic rings. The molecule has 4 heteroatoms. The van der Waals surface area contributed by atoms with E-state index in [1.165, 1.54) is 5.56 Å². The third kappa shape index (κ3) is 4.71. The van der Waals surface area contributed by atoms with E-state index in [0.717, 1.165) is 25.3 Å². The Labute approximate surface area is 104 Å². The Morgan fingerprint density at radius 1 is 1.53 bits per heavy atom. The second-order valence-electron chi connectivity index (χ2n) is 4.42. The summed E-state index contributed by atoms with van der Waals surface area (Å²) in [4.78, 5) is 6.39. The average molecular weight is 237 g/mol. The second-order valence-corrected chi connectivity index (χ2v) is 4.42. The van der Waals surface area contributed by atoms with Crippen LogP contribution >= 0.6 is 0 Å². The van der Waals surface area contributed by atoms with Crippen LogP contribution in [0.15, 0.2) is 18.3 Å². The van der Waals surface area contributed by atoms with Crippen LogP contribution in [0.25, 0.3) is 0 Å². The number of anilines is 1. The van der Waals surface area contributed by atoms with Gasteiger partial charge in [0.05, 0.1) is 6.61 Å². The van der Waals surface area contributed by atoms with E-state index in [-0.39, 0.29) is 12.6 Å². The second kappa shape index (κ2) is 7.25. The minimum atomic E-state index is 0.176. The van der Waals surface area contributed by atoms with Gasteiger partial charge in [0.25, 0.3) is 0 Å². The van der Waals surface area contributed by atoms with E-state index >= 15 is 0 Å². The van der Waals surface area contributed by atoms with Crippen molar-refractivity contribution in [1.29, 1.82) is 0 Å². The minimum absolute atomic E-state index is 0.176. The molecule has 0 amide bonds. The molecule has 1 aromatic rings. The van der Waals surface area contributed by atoms with Crippen LogP contribution in [0.5, 0.6) is 0 Å². The number of aliphatic hydroxyl groups excluding tert-OH is 1. The van der Waals surface area contributed by atoms with Crippen LogP contribution in [0.1, 0.15) is 25.8 Å². The van der Waals surface area contributed by atoms with Crippen LogP contribution in [0, 0.1) is 0 Å². The summed E-state index contributed by atoms with van der Waals surface area (Å²) < 4.78 is 0. The van der Waals surface area contributed by atoms with Crippen molar-refractivity contribution in [2.45, 2.75) is 32.9 Å². The molecule has 1 rings (SSSR count). The van der Waals surface area contributed by atoms with Crippen molar-refractivity contribution in [3.63, 3.8) is 0 Å². The summed E-state index contributed by atoms with van der Waals surface area (Å²) in [6.07, 6.45) is 2.91. The summed E-state index contributed by atoms with van der Waals surface area (Å²) in [5.74, 6) is 0.925. The van der Waals surface area contributed by atoms with Gasteiger partial charge in [0.15, 0.2) is 0 Å². The number of rotatable bonds is 7. The van der Waals surface area contributed by atoms with Crippen molar-refractivity contribution < 1.29 is 5.11 Å². The molecule has 0 saturated heterocycles. The van der Waals surface area contributed by atoms with Gasteiger partial charge in [0.1, 0.15) is 5.82 Å². The summed E-state index contributed by atoms with van der Waals surface area (Å²) in [5, 5.41) is 12.4. The molecule has 0 radical (unpaired) electrons. The number of hydrogen-bond donors (Lipinski definition) is 2. The highest BCUT2D eigenvalue weighted by Gasteiger charge is 2.08. The molecule has 1 atom stereocenters. The Morgan fingerprint density at radius 2 is 2.29 bits per heavy atom. The largest absolute Gasteiger partial charge is 0.395 e. The first kappa shape index (κ1) is 13.9. The summed E-state index contributed by atoms with van der Waals surface area (Å²) >= 11 is 0. The molecule has 4 nitrogen and oxygen atoms in total. The van der Waals surface area contributed by atoms with Crippen molar-refractivity contribution in [2.75, 3.05) is 25.5 Å². The van der Waals surface area contributed by atoms with E-state index in [2.05, 4.69) is 28.2 Å². The highest BCUT2D eigenvalue weighted by Crippen LogP contribution is 2.10. The highest BCUT2D eigenvalue weighted by molar-refractivity contribution is 5.37. The maximum Gasteiger partial charge on any atom is 0.126 e. The van der Waals surface area contributed by atoms with Gasteiger partial charge in [-0.15, -0.1) is 0 Å². The molecule has 1 heterocycles. The normalized spacial score (nSPS) is 12.8. The van der Waals surface area contributed by atoms with Crippen LogP contribution < -0.4 is 5.32 Å². The number of aliphatic hydroxyl groups is 1. The lowest BCUT2D eigenvalue weighted by Gasteiger charge is -2.22. The topological polar surface area (TPSA) is 48.4 Å². The number of nitrogens with one attached hydrogen (secondary N) is 1. The molecule has 0 aromatic carbocycles. The minimum Gasteiger partial charge on any atom is -0.395 e. The van der Waals surface area contributed by atoms with Gasteiger partial charge in [-0.05, 0) is 38.1 Å². The Balaban J connectivity index is 2.58. The molecule has 0 aliphatic heterocycles. The number of hydrogen-bond acceptors (Lipinski definition) is 4. The Hall–Kier alpha value is -1.13. The number of likely N-dealkylation sites (N-methyl/N-ethyl adjacent to an activating group) is 1. The molecule has 0 bridgehead atoms. The third-order valence-electron chi connectivity index (χ3n) is 2.83. The summed E-state index contributed by atoms with van der Waals surface area (Å²) in [5.41, 5.74) is 1.21. The van der Waals surface area contributed by atoms with E-state index < -0.39 is 0 Å². The first-order valence-electron chi connectivity index (χ1n) is 6.17. The van der Waals surface area contributed by atoms with Crippen molar-refractivity contribution in [2.24, 2.45) is 0 Å². The van der Waals surface area contributed by atoms with Crippen LogP contribution in [-0.2, 0) is 6.54 Å². The van der Waals surface area contributed by atoms with Crippen LogP contribution in [0.4, 0.5) is 5.82 Å². The first-order valence-corrected chi connectivity index (χ1v) is 6.17. The van der Waals surface area contributed by atoms with Gasteiger partial charge in [0, 0.05) is 25.3 Å². The zero-order valence-corrected chi connectivity index (χ0v) is 11.0. The van der Waals surface area contributed by atoms with E-state index in [1.807, 2.05) is 26.2 Å². The molecular weight excluding hydrogens is 214 g/mol. The fourth-order valence-corrected chi connectivity index (χ4v) is 1.51. The van der Waals surface area contributed by atoms with Crippen molar-refractivity contribution in [3.8, 4) is 0 Å². The predicted octanol–water partition coefficient (Wildman–Crippen LogP) is 1.72. The lowest BCUT2D eigenvalue weighted by molar-refractivity contribution is 0.154. The van der Waals surface area contributed by atoms with Gasteiger partial charge in [-0.25, -0.2) is 4.98 Å². The highest BCUT2D eigenvalue weighted by atomic mass is 16.3. The smallest absolute Gasteiger partial charge is 0.126 e. The van der Waals surface area contributed by atoms with Crippen LogP contribution in [-0.4, -0.2) is 41.2 Å². The van der Waals surface area contributed by atoms with Gasteiger partial charge in [-0.3, -0.25) is 4.90 Å². The van der Waals surface area contributed by atoms with E-state index in [9.17, 15) is 0 Å². The average Bonchev–Trinajstić information content (AvgIpc) is 2.35. The number of pyridine rings is 1. The maximum atomic E-state index is 9.09. The molecule has 1 unspecified atom stereocenters. The maximum absolute atomic E-state index is 9.09. The summed E-state index contributed by atoms with van der Waals surface area (Å²) in [6.45, 7) is 6.10. The number of nitrogens with zero attached hydrogens (tertiary/aromatic N) is 2. The zero-order chi connectivity index (χ0) is 12.7. The number of aromatic nitrogens is 1. The first-order chi connectivity index (χ1) is 8.17. The summed E-state index contributed by atoms with van der Waals surface area (Å²) in [6, 6.07) is 4.25. The summed E-state index contributed by atoms with van der Waals surface area (Å²) in [7, 11) is 2.01. The Morgan fingerprint density at radius 3 is 2.94 bits per heavy atom. The van der Waals surface area contributed by atoms with E-state index in [1.54, 1.807) is 0 Å². The van der Waals surface area contributed by atoms with Crippen molar-refractivity contribution >= 4 is 5.82 Å². The molecule has 0 fully saturated rings. The fourth-order valence-electron chi connectivity index (χ4n) is 1.51. The molecular formula is C13H23N3O. The molecule has 2 N–H and O–H groups in total. The lowest BCUT2D eigenvalue weighted by atomic mass is 10.2. The quantitative estimate of drug-likeness (QED) is 0.758. The van der Waals surface area contributed by atoms with Gasteiger partial charge in [-0.1, -0.05) is 6.92 Å². The molecule has 0 saturated carbocycles. The van der Waals surface area contributed by atoms with Crippen molar-refractivity contribution in [3.05, 3.63) is 23.9 Å². The molecule has 0 spiro atoms. The Kier molecular flexibility index (Phi) is 5.94. The Bertz CT molecular complexity index is 330. The SMILES string of the molecule is CCCNc1cc(CN(C)C(C)CO)ccn1. The van der Waals surface area contributed by atoms with Gasteiger partial charge >= 0.3 is 0 Å². The standard InChI is InChI=1S/C13H23N3O/c1-4-6-14-13-8-12(5-7-15-13)9-16(3)11(2)10-17/h5,7-8,11,17H,4,6,9-10H2,1-3H3,(H,14,15). The molecule has 0 aliphatic carbocycles. The monoisotopic (exact) mass is 237 g/mol. The van der Waals surface area contributed by atoms with E-state index in [0.29, 0.717) is 0 Å². The van der Waals surface area contributed by atoms with Crippen LogP contribution in [0.2, 0.25) is 0 Å². The van der Waals surface area contributed by atoms with Gasteiger partial charge < -0.3 is 10.4 Å². The van der Waals surface area contributed by atoms with E-state index in [4.69, 9.17) is 5.11 Å². The van der Waals surface area contributed by atoms with Crippen LogP contribution in [0.3, 0.4) is 0 Å². The molecule has 1 aromatic heterocycles. The van der Waals surface area contributed by atoms with Gasteiger partial charge in [-0.2, -0.15) is 0 Å². The van der Waals surface area contributed by atoms with Gasteiger partial charge in [0.2, 0.25) is 0 Å². The fraction of sp³-hybridized carbons (Fsp3) is 0.615. The van der Waals surface area contributed by atoms with Crippen molar-refractivity contribution in [1.82, 2.24) is 9.88 Å². The lowest BCUT2D eigenvalue weighted by Crippen LogP contribution is -2.31.